The van der Waals surface area contributed by atoms with Gasteiger partial charge in [-0.25, -0.2) is 17.9 Å². The minimum absolute atomic E-state index is 0.0398. The van der Waals surface area contributed by atoms with E-state index in [0.717, 1.165) is 0 Å². The number of nitrogen functional groups attached to an aromatic ring is 1. The van der Waals surface area contributed by atoms with Gasteiger partial charge in [0.25, 0.3) is 0 Å². The predicted octanol–water partition coefficient (Wildman–Crippen LogP) is -0.168. The molecule has 1 rings (SSSR count). The van der Waals surface area contributed by atoms with Crippen LogP contribution in [-0.2, 0) is 10.0 Å². The first kappa shape index (κ1) is 15.3. The molecular weight excluding hydrogens is 268 g/mol. The zero-order valence-electron chi connectivity index (χ0n) is 10.9. The van der Waals surface area contributed by atoms with E-state index in [9.17, 15) is 13.2 Å². The summed E-state index contributed by atoms with van der Waals surface area (Å²) in [6.07, 6.45) is 0. The molecule has 0 saturated heterocycles. The summed E-state index contributed by atoms with van der Waals surface area (Å²) in [5.74, 6) is 0. The molecule has 0 saturated carbocycles. The molecule has 0 aliphatic carbocycles. The van der Waals surface area contributed by atoms with Crippen molar-refractivity contribution in [2.75, 3.05) is 18.8 Å². The summed E-state index contributed by atoms with van der Waals surface area (Å²) in [5, 5.41) is 2.29. The fourth-order valence-electron chi connectivity index (χ4n) is 1.61. The summed E-state index contributed by atoms with van der Waals surface area (Å²) in [6.45, 7) is 3.56. The van der Waals surface area contributed by atoms with Crippen LogP contribution in [-0.4, -0.2) is 27.5 Å². The molecule has 8 heteroatoms. The van der Waals surface area contributed by atoms with Crippen molar-refractivity contribution in [3.63, 3.8) is 0 Å². The average molecular weight is 286 g/mol. The molecule has 0 heterocycles. The first-order valence-electron chi connectivity index (χ1n) is 5.64. The van der Waals surface area contributed by atoms with Crippen LogP contribution in [0.1, 0.15) is 11.1 Å². The van der Waals surface area contributed by atoms with Gasteiger partial charge in [0.05, 0.1) is 5.69 Å². The van der Waals surface area contributed by atoms with E-state index in [-0.39, 0.29) is 23.7 Å². The van der Waals surface area contributed by atoms with E-state index >= 15 is 0 Å². The van der Waals surface area contributed by atoms with Crippen molar-refractivity contribution < 1.29 is 13.2 Å². The maximum absolute atomic E-state index is 12.1. The topological polar surface area (TPSA) is 127 Å². The molecule has 1 aromatic rings. The number of carbonyl (C=O) groups is 1. The maximum Gasteiger partial charge on any atom is 0.312 e. The number of benzene rings is 1. The molecule has 106 valence electrons. The van der Waals surface area contributed by atoms with Gasteiger partial charge >= 0.3 is 6.03 Å². The van der Waals surface area contributed by atoms with Crippen molar-refractivity contribution in [1.82, 2.24) is 10.0 Å². The second-order valence-electron chi connectivity index (χ2n) is 4.13. The average Bonchev–Trinajstić information content (AvgIpc) is 2.29. The van der Waals surface area contributed by atoms with Crippen LogP contribution in [0, 0.1) is 13.8 Å². The molecule has 0 aliphatic rings. The van der Waals surface area contributed by atoms with Crippen LogP contribution in [0.3, 0.4) is 0 Å². The molecule has 0 bridgehead atoms. The lowest BCUT2D eigenvalue weighted by Crippen LogP contribution is -2.37. The van der Waals surface area contributed by atoms with Crippen LogP contribution in [0.25, 0.3) is 0 Å². The quantitative estimate of drug-likeness (QED) is 0.442. The van der Waals surface area contributed by atoms with Crippen LogP contribution >= 0.6 is 0 Å². The Morgan fingerprint density at radius 2 is 1.79 bits per heavy atom. The van der Waals surface area contributed by atoms with E-state index < -0.39 is 16.1 Å². The molecule has 7 nitrogen and oxygen atoms in total. The lowest BCUT2D eigenvalue weighted by atomic mass is 10.1. The third-order valence-corrected chi connectivity index (χ3v) is 4.26. The molecule has 0 radical (unpaired) electrons. The van der Waals surface area contributed by atoms with Gasteiger partial charge in [-0.15, -0.1) is 0 Å². The Hall–Kier alpha value is -1.80. The SMILES string of the molecule is Cc1ccc(C)c(S(=O)(=O)NCCNC(N)=O)c1N. The molecule has 0 spiro atoms. The van der Waals surface area contributed by atoms with Crippen molar-refractivity contribution in [1.29, 1.82) is 0 Å². The van der Waals surface area contributed by atoms with Gasteiger partial charge in [-0.05, 0) is 25.0 Å². The van der Waals surface area contributed by atoms with Crippen molar-refractivity contribution in [3.8, 4) is 0 Å². The third kappa shape index (κ3) is 3.83. The highest BCUT2D eigenvalue weighted by atomic mass is 32.2. The van der Waals surface area contributed by atoms with E-state index in [2.05, 4.69) is 10.0 Å². The molecule has 19 heavy (non-hydrogen) atoms. The summed E-state index contributed by atoms with van der Waals surface area (Å²) in [6, 6.07) is 2.76. The number of urea groups is 1. The fourth-order valence-corrected chi connectivity index (χ4v) is 3.06. The minimum atomic E-state index is -3.71. The number of anilines is 1. The summed E-state index contributed by atoms with van der Waals surface area (Å²) < 4.78 is 26.6. The standard InChI is InChI=1S/C11H18N4O3S/c1-7-3-4-8(2)10(9(7)12)19(17,18)15-6-5-14-11(13)16/h3-4,15H,5-6,12H2,1-2H3,(H3,13,14,16). The number of aryl methyl sites for hydroxylation is 2. The smallest absolute Gasteiger partial charge is 0.312 e. The van der Waals surface area contributed by atoms with Gasteiger partial charge in [-0.1, -0.05) is 12.1 Å². The molecule has 0 atom stereocenters. The lowest BCUT2D eigenvalue weighted by Gasteiger charge is -2.13. The number of hydrogen-bond acceptors (Lipinski definition) is 4. The lowest BCUT2D eigenvalue weighted by molar-refractivity contribution is 0.249. The molecule has 0 unspecified atom stereocenters. The van der Waals surface area contributed by atoms with Crippen molar-refractivity contribution in [2.24, 2.45) is 5.73 Å². The van der Waals surface area contributed by atoms with Gasteiger partial charge in [0.15, 0.2) is 0 Å². The van der Waals surface area contributed by atoms with Crippen molar-refractivity contribution >= 4 is 21.7 Å². The summed E-state index contributed by atoms with van der Waals surface area (Å²) in [5.41, 5.74) is 12.2. The van der Waals surface area contributed by atoms with E-state index in [1.807, 2.05) is 0 Å². The monoisotopic (exact) mass is 286 g/mol. The highest BCUT2D eigenvalue weighted by Crippen LogP contribution is 2.25. The second kappa shape index (κ2) is 5.89. The first-order valence-corrected chi connectivity index (χ1v) is 7.12. The third-order valence-electron chi connectivity index (χ3n) is 2.60. The number of carbonyl (C=O) groups excluding carboxylic acids is 1. The maximum atomic E-state index is 12.1. The highest BCUT2D eigenvalue weighted by molar-refractivity contribution is 7.89. The Morgan fingerprint density at radius 1 is 1.21 bits per heavy atom. The summed E-state index contributed by atoms with van der Waals surface area (Å²) >= 11 is 0. The van der Waals surface area contributed by atoms with Crippen LogP contribution in [0.15, 0.2) is 17.0 Å². The largest absolute Gasteiger partial charge is 0.397 e. The molecule has 0 aromatic heterocycles. The van der Waals surface area contributed by atoms with Crippen LogP contribution in [0.4, 0.5) is 10.5 Å². The highest BCUT2D eigenvalue weighted by Gasteiger charge is 2.20. The summed E-state index contributed by atoms with van der Waals surface area (Å²) in [4.78, 5) is 10.5. The number of sulfonamides is 1. The van der Waals surface area contributed by atoms with E-state index in [1.165, 1.54) is 0 Å². The predicted molar refractivity (Wildman–Crippen MR) is 73.1 cm³/mol. The zero-order valence-corrected chi connectivity index (χ0v) is 11.7. The van der Waals surface area contributed by atoms with Crippen molar-refractivity contribution in [2.45, 2.75) is 18.7 Å². The van der Waals surface area contributed by atoms with E-state index in [0.29, 0.717) is 11.1 Å². The molecular formula is C11H18N4O3S. The van der Waals surface area contributed by atoms with E-state index in [4.69, 9.17) is 11.5 Å². The fraction of sp³-hybridized carbons (Fsp3) is 0.364. The Morgan fingerprint density at radius 3 is 2.37 bits per heavy atom. The zero-order chi connectivity index (χ0) is 14.6. The number of primary amides is 1. The number of nitrogens with one attached hydrogen (secondary N) is 2. The molecule has 1 aromatic carbocycles. The van der Waals surface area contributed by atoms with Gasteiger partial charge < -0.3 is 16.8 Å². The Balaban J connectivity index is 2.89. The molecule has 2 amide bonds. The van der Waals surface area contributed by atoms with Gasteiger partial charge in [0.2, 0.25) is 10.0 Å². The van der Waals surface area contributed by atoms with E-state index in [1.54, 1.807) is 26.0 Å². The Labute approximate surface area is 112 Å². The van der Waals surface area contributed by atoms with Crippen LogP contribution in [0.5, 0.6) is 0 Å². The number of nitrogens with two attached hydrogens (primary N) is 2. The Kier molecular flexibility index (Phi) is 4.73. The molecule has 0 aliphatic heterocycles. The van der Waals surface area contributed by atoms with Gasteiger partial charge in [-0.2, -0.15) is 0 Å². The van der Waals surface area contributed by atoms with Crippen LogP contribution < -0.4 is 21.5 Å². The van der Waals surface area contributed by atoms with Gasteiger partial charge in [0.1, 0.15) is 4.90 Å². The van der Waals surface area contributed by atoms with Gasteiger partial charge in [-0.3, -0.25) is 0 Å². The first-order chi connectivity index (χ1) is 8.75. The van der Waals surface area contributed by atoms with Crippen molar-refractivity contribution in [3.05, 3.63) is 23.3 Å². The summed E-state index contributed by atoms with van der Waals surface area (Å²) in [7, 11) is -3.71. The molecule has 0 fully saturated rings. The Bertz CT molecular complexity index is 584. The van der Waals surface area contributed by atoms with Gasteiger partial charge in [0, 0.05) is 13.1 Å². The normalized spacial score (nSPS) is 11.3. The second-order valence-corrected chi connectivity index (χ2v) is 5.83. The minimum Gasteiger partial charge on any atom is -0.397 e. The number of hydrogen-bond donors (Lipinski definition) is 4. The van der Waals surface area contributed by atoms with Crippen LogP contribution in [0.2, 0.25) is 0 Å². The number of amides is 2. The number of rotatable bonds is 5. The molecule has 6 N–H and O–H groups in total.